The number of aromatic nitrogens is 1. The molecule has 5 heteroatoms. The van der Waals surface area contributed by atoms with Gasteiger partial charge in [0.25, 0.3) is 0 Å². The first kappa shape index (κ1) is 12.7. The molecule has 0 aromatic carbocycles. The molecule has 1 unspecified atom stereocenters. The zero-order valence-electron chi connectivity index (χ0n) is 10.9. The van der Waals surface area contributed by atoms with Crippen molar-refractivity contribution < 1.29 is 9.90 Å². The van der Waals surface area contributed by atoms with Crippen molar-refractivity contribution >= 4 is 11.5 Å². The molecule has 1 aliphatic rings. The summed E-state index contributed by atoms with van der Waals surface area (Å²) >= 11 is 0. The summed E-state index contributed by atoms with van der Waals surface area (Å²) in [6.45, 7) is 0.401. The highest BCUT2D eigenvalue weighted by atomic mass is 16.4. The predicted octanol–water partition coefficient (Wildman–Crippen LogP) is 1.76. The predicted molar refractivity (Wildman–Crippen MR) is 73.1 cm³/mol. The van der Waals surface area contributed by atoms with E-state index in [2.05, 4.69) is 11.4 Å². The van der Waals surface area contributed by atoms with Gasteiger partial charge in [0.1, 0.15) is 12.1 Å². The summed E-state index contributed by atoms with van der Waals surface area (Å²) in [5, 5.41) is 21.6. The summed E-state index contributed by atoms with van der Waals surface area (Å²) in [7, 11) is 0. The van der Waals surface area contributed by atoms with Crippen molar-refractivity contribution in [3.63, 3.8) is 0 Å². The van der Waals surface area contributed by atoms with Crippen LogP contribution in [0.5, 0.6) is 0 Å². The molecule has 20 heavy (non-hydrogen) atoms. The minimum atomic E-state index is -0.810. The second-order valence-corrected chi connectivity index (χ2v) is 5.17. The molecule has 1 fully saturated rings. The lowest BCUT2D eigenvalue weighted by Gasteiger charge is -2.12. The van der Waals surface area contributed by atoms with E-state index in [0.29, 0.717) is 12.1 Å². The monoisotopic (exact) mass is 269 g/mol. The summed E-state index contributed by atoms with van der Waals surface area (Å²) in [6, 6.07) is 7.37. The average molecular weight is 269 g/mol. The first-order valence-electron chi connectivity index (χ1n) is 6.65. The number of carbonyl (C=O) groups is 1. The van der Waals surface area contributed by atoms with Gasteiger partial charge in [0.2, 0.25) is 0 Å². The molecular formula is C15H15N3O2. The van der Waals surface area contributed by atoms with Crippen LogP contribution in [0.25, 0.3) is 5.52 Å². The van der Waals surface area contributed by atoms with E-state index in [1.54, 1.807) is 0 Å². The SMILES string of the molecule is N#Cc1c(CNC(C(=O)O)C2CC2)cn2ccccc12. The van der Waals surface area contributed by atoms with Gasteiger partial charge < -0.3 is 9.51 Å². The third kappa shape index (κ3) is 2.26. The zero-order chi connectivity index (χ0) is 14.1. The maximum atomic E-state index is 11.2. The van der Waals surface area contributed by atoms with Crippen LogP contribution in [0.4, 0.5) is 0 Å². The molecule has 5 nitrogen and oxygen atoms in total. The summed E-state index contributed by atoms with van der Waals surface area (Å²) in [6.07, 6.45) is 5.70. The lowest BCUT2D eigenvalue weighted by molar-refractivity contribution is -0.140. The molecule has 102 valence electrons. The number of hydrogen-bond acceptors (Lipinski definition) is 3. The van der Waals surface area contributed by atoms with E-state index in [0.717, 1.165) is 23.9 Å². The molecule has 1 aliphatic carbocycles. The van der Waals surface area contributed by atoms with Crippen molar-refractivity contribution in [3.8, 4) is 6.07 Å². The Morgan fingerprint density at radius 3 is 3.00 bits per heavy atom. The van der Waals surface area contributed by atoms with Crippen molar-refractivity contribution in [2.45, 2.75) is 25.4 Å². The third-order valence-electron chi connectivity index (χ3n) is 3.75. The van der Waals surface area contributed by atoms with Crippen LogP contribution in [-0.4, -0.2) is 21.5 Å². The Hall–Kier alpha value is -2.32. The van der Waals surface area contributed by atoms with Gasteiger partial charge in [-0.25, -0.2) is 0 Å². The molecule has 0 radical (unpaired) electrons. The second-order valence-electron chi connectivity index (χ2n) is 5.17. The fraction of sp³-hybridized carbons (Fsp3) is 0.333. The Bertz CT molecular complexity index is 695. The van der Waals surface area contributed by atoms with Crippen LogP contribution >= 0.6 is 0 Å². The Kier molecular flexibility index (Phi) is 3.17. The fourth-order valence-electron chi connectivity index (χ4n) is 2.55. The molecule has 2 N–H and O–H groups in total. The van der Waals surface area contributed by atoms with Crippen molar-refractivity contribution in [2.75, 3.05) is 0 Å². The molecule has 0 spiro atoms. The first-order valence-corrected chi connectivity index (χ1v) is 6.65. The fourth-order valence-corrected chi connectivity index (χ4v) is 2.55. The smallest absolute Gasteiger partial charge is 0.320 e. The molecule has 0 aliphatic heterocycles. The van der Waals surface area contributed by atoms with E-state index >= 15 is 0 Å². The number of hydrogen-bond donors (Lipinski definition) is 2. The summed E-state index contributed by atoms with van der Waals surface area (Å²) in [5.41, 5.74) is 2.30. The van der Waals surface area contributed by atoms with Gasteiger partial charge in [0.05, 0.1) is 11.1 Å². The van der Waals surface area contributed by atoms with E-state index in [4.69, 9.17) is 0 Å². The highest BCUT2D eigenvalue weighted by molar-refractivity contribution is 5.74. The quantitative estimate of drug-likeness (QED) is 0.867. The number of carboxylic acid groups (broad SMARTS) is 1. The van der Waals surface area contributed by atoms with Crippen LogP contribution < -0.4 is 5.32 Å². The maximum Gasteiger partial charge on any atom is 0.320 e. The topological polar surface area (TPSA) is 77.5 Å². The van der Waals surface area contributed by atoms with Crippen LogP contribution in [-0.2, 0) is 11.3 Å². The molecular weight excluding hydrogens is 254 g/mol. The van der Waals surface area contributed by atoms with Crippen molar-refractivity contribution in [1.29, 1.82) is 5.26 Å². The van der Waals surface area contributed by atoms with E-state index in [9.17, 15) is 15.2 Å². The number of nitrogens with one attached hydrogen (secondary N) is 1. The van der Waals surface area contributed by atoms with Gasteiger partial charge in [0, 0.05) is 24.5 Å². The highest BCUT2D eigenvalue weighted by Crippen LogP contribution is 2.33. The average Bonchev–Trinajstić information content (AvgIpc) is 3.19. The molecule has 0 amide bonds. The van der Waals surface area contributed by atoms with E-state index in [-0.39, 0.29) is 5.92 Å². The highest BCUT2D eigenvalue weighted by Gasteiger charge is 2.35. The zero-order valence-corrected chi connectivity index (χ0v) is 10.9. The van der Waals surface area contributed by atoms with E-state index in [1.807, 2.05) is 35.0 Å². The summed E-state index contributed by atoms with van der Waals surface area (Å²) in [5.74, 6) is -0.579. The normalized spacial score (nSPS) is 15.9. The molecule has 3 rings (SSSR count). The van der Waals surface area contributed by atoms with Crippen molar-refractivity contribution in [2.24, 2.45) is 5.92 Å². The van der Waals surface area contributed by atoms with Gasteiger partial charge in [0.15, 0.2) is 0 Å². The molecule has 0 saturated heterocycles. The number of nitrogens with zero attached hydrogens (tertiary/aromatic N) is 2. The lowest BCUT2D eigenvalue weighted by Crippen LogP contribution is -2.38. The Morgan fingerprint density at radius 2 is 2.35 bits per heavy atom. The number of pyridine rings is 1. The van der Waals surface area contributed by atoms with Crippen LogP contribution in [0.1, 0.15) is 24.0 Å². The van der Waals surface area contributed by atoms with Gasteiger partial charge in [-0.15, -0.1) is 0 Å². The lowest BCUT2D eigenvalue weighted by atomic mass is 10.1. The maximum absolute atomic E-state index is 11.2. The summed E-state index contributed by atoms with van der Waals surface area (Å²) < 4.78 is 1.89. The Labute approximate surface area is 116 Å². The van der Waals surface area contributed by atoms with Crippen LogP contribution in [0.2, 0.25) is 0 Å². The Morgan fingerprint density at radius 1 is 1.55 bits per heavy atom. The third-order valence-corrected chi connectivity index (χ3v) is 3.75. The number of fused-ring (bicyclic) bond motifs is 1. The van der Waals surface area contributed by atoms with Crippen LogP contribution in [0.15, 0.2) is 30.6 Å². The minimum absolute atomic E-state index is 0.232. The van der Waals surface area contributed by atoms with Gasteiger partial charge in [-0.1, -0.05) is 6.07 Å². The molecule has 0 bridgehead atoms. The number of carboxylic acids is 1. The van der Waals surface area contributed by atoms with Gasteiger partial charge in [-0.2, -0.15) is 5.26 Å². The van der Waals surface area contributed by atoms with Gasteiger partial charge >= 0.3 is 5.97 Å². The molecule has 2 aromatic rings. The van der Waals surface area contributed by atoms with Gasteiger partial charge in [-0.3, -0.25) is 10.1 Å². The largest absolute Gasteiger partial charge is 0.480 e. The molecule has 2 heterocycles. The summed E-state index contributed by atoms with van der Waals surface area (Å²) in [4.78, 5) is 11.2. The number of aliphatic carboxylic acids is 1. The molecule has 2 aromatic heterocycles. The van der Waals surface area contributed by atoms with Gasteiger partial charge in [-0.05, 0) is 30.9 Å². The standard InChI is InChI=1S/C15H15N3O2/c16-7-12-11(9-18-6-2-1-3-13(12)18)8-17-14(15(19)20)10-4-5-10/h1-3,6,9-10,14,17H,4-5,8H2,(H,19,20). The molecule has 1 atom stereocenters. The van der Waals surface area contributed by atoms with Crippen LogP contribution in [0, 0.1) is 17.2 Å². The second kappa shape index (κ2) is 4.99. The van der Waals surface area contributed by atoms with E-state index in [1.165, 1.54) is 0 Å². The Balaban J connectivity index is 1.83. The number of rotatable bonds is 5. The number of nitriles is 1. The molecule has 1 saturated carbocycles. The van der Waals surface area contributed by atoms with E-state index < -0.39 is 12.0 Å². The first-order chi connectivity index (χ1) is 9.70. The van der Waals surface area contributed by atoms with Crippen LogP contribution in [0.3, 0.4) is 0 Å². The minimum Gasteiger partial charge on any atom is -0.480 e. The van der Waals surface area contributed by atoms with Crippen molar-refractivity contribution in [3.05, 3.63) is 41.7 Å². The van der Waals surface area contributed by atoms with Crippen molar-refractivity contribution in [1.82, 2.24) is 9.72 Å².